The van der Waals surface area contributed by atoms with Crippen LogP contribution in [0.3, 0.4) is 0 Å². The Kier molecular flexibility index (Phi) is 7.13. The smallest absolute Gasteiger partial charge is 0.234 e. The molecular weight excluding hydrogens is 387 g/mol. The van der Waals surface area contributed by atoms with Gasteiger partial charge in [-0.3, -0.25) is 14.6 Å². The lowest BCUT2D eigenvalue weighted by molar-refractivity contribution is -0.122. The molecule has 1 aliphatic rings. The van der Waals surface area contributed by atoms with Crippen molar-refractivity contribution < 1.29 is 9.32 Å². The van der Waals surface area contributed by atoms with Crippen molar-refractivity contribution in [3.05, 3.63) is 51.3 Å². The van der Waals surface area contributed by atoms with Gasteiger partial charge in [-0.05, 0) is 31.0 Å². The summed E-state index contributed by atoms with van der Waals surface area (Å²) in [6, 6.07) is 7.39. The number of halogens is 2. The number of rotatable bonds is 7. The number of amides is 1. The van der Waals surface area contributed by atoms with Gasteiger partial charge in [0, 0.05) is 55.4 Å². The minimum atomic E-state index is 0.0423. The number of nitrogens with one attached hydrogen (secondary N) is 1. The SMILES string of the molecule is Cc1cc(CN2CCN(CC(=O)NCCc3ccc(Cl)cc3Cl)CC2)no1. The molecule has 1 saturated heterocycles. The van der Waals surface area contributed by atoms with Crippen LogP contribution in [0.4, 0.5) is 0 Å². The second kappa shape index (κ2) is 9.55. The summed E-state index contributed by atoms with van der Waals surface area (Å²) in [4.78, 5) is 16.7. The van der Waals surface area contributed by atoms with Gasteiger partial charge in [-0.15, -0.1) is 0 Å². The van der Waals surface area contributed by atoms with E-state index >= 15 is 0 Å². The molecule has 0 bridgehead atoms. The third-order valence-corrected chi connectivity index (χ3v) is 5.21. The average Bonchev–Trinajstić information content (AvgIpc) is 3.03. The minimum absolute atomic E-state index is 0.0423. The van der Waals surface area contributed by atoms with E-state index in [1.807, 2.05) is 25.1 Å². The summed E-state index contributed by atoms with van der Waals surface area (Å²) in [6.45, 7) is 7.24. The Bertz CT molecular complexity index is 773. The lowest BCUT2D eigenvalue weighted by Crippen LogP contribution is -2.49. The molecule has 0 radical (unpaired) electrons. The van der Waals surface area contributed by atoms with E-state index in [4.69, 9.17) is 27.7 Å². The van der Waals surface area contributed by atoms with Crippen LogP contribution in [-0.4, -0.2) is 60.1 Å². The molecule has 2 aromatic rings. The van der Waals surface area contributed by atoms with Crippen LogP contribution < -0.4 is 5.32 Å². The summed E-state index contributed by atoms with van der Waals surface area (Å²) in [7, 11) is 0. The first kappa shape index (κ1) is 20.1. The molecule has 6 nitrogen and oxygen atoms in total. The van der Waals surface area contributed by atoms with E-state index in [2.05, 4.69) is 20.3 Å². The monoisotopic (exact) mass is 410 g/mol. The molecule has 1 N–H and O–H groups in total. The zero-order chi connectivity index (χ0) is 19.2. The van der Waals surface area contributed by atoms with Gasteiger partial charge in [0.2, 0.25) is 5.91 Å². The highest BCUT2D eigenvalue weighted by atomic mass is 35.5. The van der Waals surface area contributed by atoms with Gasteiger partial charge in [0.25, 0.3) is 0 Å². The number of carbonyl (C=O) groups is 1. The van der Waals surface area contributed by atoms with Gasteiger partial charge in [-0.2, -0.15) is 0 Å². The van der Waals surface area contributed by atoms with Gasteiger partial charge >= 0.3 is 0 Å². The highest BCUT2D eigenvalue weighted by Gasteiger charge is 2.19. The van der Waals surface area contributed by atoms with Crippen LogP contribution in [0.25, 0.3) is 0 Å². The maximum Gasteiger partial charge on any atom is 0.234 e. The Morgan fingerprint density at radius 1 is 1.19 bits per heavy atom. The van der Waals surface area contributed by atoms with Crippen LogP contribution >= 0.6 is 23.2 Å². The number of piperazine rings is 1. The van der Waals surface area contributed by atoms with Crippen molar-refractivity contribution >= 4 is 29.1 Å². The molecule has 1 amide bonds. The topological polar surface area (TPSA) is 61.6 Å². The van der Waals surface area contributed by atoms with E-state index in [0.717, 1.165) is 49.7 Å². The van der Waals surface area contributed by atoms with Gasteiger partial charge < -0.3 is 9.84 Å². The van der Waals surface area contributed by atoms with Crippen molar-refractivity contribution in [3.63, 3.8) is 0 Å². The summed E-state index contributed by atoms with van der Waals surface area (Å²) in [6.07, 6.45) is 0.687. The fourth-order valence-electron chi connectivity index (χ4n) is 3.15. The van der Waals surface area contributed by atoms with Crippen molar-refractivity contribution in [2.45, 2.75) is 19.9 Å². The fraction of sp³-hybridized carbons (Fsp3) is 0.474. The van der Waals surface area contributed by atoms with E-state index in [1.54, 1.807) is 6.07 Å². The average molecular weight is 411 g/mol. The molecule has 0 atom stereocenters. The third-order valence-electron chi connectivity index (χ3n) is 4.63. The molecule has 0 unspecified atom stereocenters. The van der Waals surface area contributed by atoms with Crippen molar-refractivity contribution in [3.8, 4) is 0 Å². The lowest BCUT2D eigenvalue weighted by Gasteiger charge is -2.33. The molecule has 1 fully saturated rings. The van der Waals surface area contributed by atoms with Crippen LogP contribution in [-0.2, 0) is 17.8 Å². The Labute approximate surface area is 169 Å². The molecule has 0 spiro atoms. The molecule has 0 saturated carbocycles. The quantitative estimate of drug-likeness (QED) is 0.759. The standard InChI is InChI=1S/C19H24Cl2N4O2/c1-14-10-17(23-27-14)12-24-6-8-25(9-7-24)13-19(26)22-5-4-15-2-3-16(20)11-18(15)21/h2-3,10-11H,4-9,12-13H2,1H3,(H,22,26). The highest BCUT2D eigenvalue weighted by Crippen LogP contribution is 2.21. The van der Waals surface area contributed by atoms with E-state index < -0.39 is 0 Å². The number of aryl methyl sites for hydroxylation is 1. The Hall–Kier alpha value is -1.60. The van der Waals surface area contributed by atoms with Gasteiger partial charge in [-0.1, -0.05) is 34.4 Å². The van der Waals surface area contributed by atoms with Gasteiger partial charge in [0.15, 0.2) is 0 Å². The maximum absolute atomic E-state index is 12.2. The van der Waals surface area contributed by atoms with Crippen molar-refractivity contribution in [2.75, 3.05) is 39.3 Å². The minimum Gasteiger partial charge on any atom is -0.361 e. The number of hydrogen-bond acceptors (Lipinski definition) is 5. The number of benzene rings is 1. The first-order valence-electron chi connectivity index (χ1n) is 9.07. The Morgan fingerprint density at radius 3 is 2.59 bits per heavy atom. The molecule has 8 heteroatoms. The number of nitrogens with zero attached hydrogens (tertiary/aromatic N) is 3. The van der Waals surface area contributed by atoms with E-state index in [9.17, 15) is 4.79 Å². The maximum atomic E-state index is 12.2. The summed E-state index contributed by atoms with van der Waals surface area (Å²) < 4.78 is 5.11. The first-order valence-corrected chi connectivity index (χ1v) is 9.83. The van der Waals surface area contributed by atoms with Gasteiger partial charge in [0.1, 0.15) is 5.76 Å². The summed E-state index contributed by atoms with van der Waals surface area (Å²) in [5.41, 5.74) is 1.94. The van der Waals surface area contributed by atoms with E-state index in [1.165, 1.54) is 0 Å². The second-order valence-corrected chi connectivity index (χ2v) is 7.66. The third kappa shape index (κ3) is 6.21. The molecule has 146 valence electrons. The zero-order valence-corrected chi connectivity index (χ0v) is 16.9. The van der Waals surface area contributed by atoms with Crippen LogP contribution in [0.1, 0.15) is 17.0 Å². The predicted octanol–water partition coefficient (Wildman–Crippen LogP) is 2.77. The first-order chi connectivity index (χ1) is 13.0. The Morgan fingerprint density at radius 2 is 1.93 bits per heavy atom. The fourth-order valence-corrected chi connectivity index (χ4v) is 3.65. The largest absolute Gasteiger partial charge is 0.361 e. The zero-order valence-electron chi connectivity index (χ0n) is 15.4. The van der Waals surface area contributed by atoms with E-state index in [0.29, 0.717) is 29.6 Å². The highest BCUT2D eigenvalue weighted by molar-refractivity contribution is 6.35. The summed E-state index contributed by atoms with van der Waals surface area (Å²) in [5.74, 6) is 0.876. The molecule has 0 aliphatic carbocycles. The molecule has 27 heavy (non-hydrogen) atoms. The lowest BCUT2D eigenvalue weighted by atomic mass is 10.1. The summed E-state index contributed by atoms with van der Waals surface area (Å²) in [5, 5.41) is 8.25. The number of aromatic nitrogens is 1. The Balaban J connectivity index is 1.34. The van der Waals surface area contributed by atoms with Gasteiger partial charge in [0.05, 0.1) is 12.2 Å². The van der Waals surface area contributed by atoms with Crippen LogP contribution in [0, 0.1) is 6.92 Å². The normalized spacial score (nSPS) is 15.8. The van der Waals surface area contributed by atoms with Crippen molar-refractivity contribution in [1.82, 2.24) is 20.3 Å². The van der Waals surface area contributed by atoms with Crippen LogP contribution in [0.2, 0.25) is 10.0 Å². The van der Waals surface area contributed by atoms with Crippen LogP contribution in [0.5, 0.6) is 0 Å². The predicted molar refractivity (Wildman–Crippen MR) is 106 cm³/mol. The van der Waals surface area contributed by atoms with Crippen molar-refractivity contribution in [2.24, 2.45) is 0 Å². The molecule has 1 aromatic carbocycles. The molecule has 3 rings (SSSR count). The number of carbonyl (C=O) groups excluding carboxylic acids is 1. The molecular formula is C19H24Cl2N4O2. The molecule has 1 aromatic heterocycles. The van der Waals surface area contributed by atoms with Crippen LogP contribution in [0.15, 0.2) is 28.8 Å². The molecule has 1 aliphatic heterocycles. The summed E-state index contributed by atoms with van der Waals surface area (Å²) >= 11 is 12.0. The molecule has 2 heterocycles. The number of hydrogen-bond donors (Lipinski definition) is 1. The van der Waals surface area contributed by atoms with Crippen molar-refractivity contribution in [1.29, 1.82) is 0 Å². The van der Waals surface area contributed by atoms with E-state index in [-0.39, 0.29) is 5.91 Å². The second-order valence-electron chi connectivity index (χ2n) is 6.82. The van der Waals surface area contributed by atoms with Gasteiger partial charge in [-0.25, -0.2) is 0 Å².